The SMILES string of the molecule is COc1ccc(C=CC(=O)c2cc3ccc(Cl)cc3[nH]c2=O)cc1. The molecule has 2 aromatic carbocycles. The number of pyridine rings is 1. The average molecular weight is 340 g/mol. The molecule has 4 nitrogen and oxygen atoms in total. The summed E-state index contributed by atoms with van der Waals surface area (Å²) in [5.41, 5.74) is 1.10. The van der Waals surface area contributed by atoms with Gasteiger partial charge in [0, 0.05) is 10.5 Å². The van der Waals surface area contributed by atoms with Crippen LogP contribution in [-0.2, 0) is 0 Å². The molecule has 5 heteroatoms. The second-order valence-corrected chi connectivity index (χ2v) is 5.65. The number of ketones is 1. The van der Waals surface area contributed by atoms with Crippen molar-refractivity contribution in [2.24, 2.45) is 0 Å². The van der Waals surface area contributed by atoms with Crippen LogP contribution in [0.2, 0.25) is 5.02 Å². The molecule has 1 aromatic heterocycles. The topological polar surface area (TPSA) is 59.2 Å². The Morgan fingerprint density at radius 1 is 1.12 bits per heavy atom. The number of rotatable bonds is 4. The molecule has 0 radical (unpaired) electrons. The lowest BCUT2D eigenvalue weighted by atomic mass is 10.1. The Kier molecular flexibility index (Phi) is 4.49. The molecule has 3 rings (SSSR count). The van der Waals surface area contributed by atoms with Crippen molar-refractivity contribution < 1.29 is 9.53 Å². The molecular weight excluding hydrogens is 326 g/mol. The molecular formula is C19H14ClNO3. The Labute approximate surface area is 143 Å². The summed E-state index contributed by atoms with van der Waals surface area (Å²) < 4.78 is 5.08. The molecule has 0 unspecified atom stereocenters. The minimum Gasteiger partial charge on any atom is -0.497 e. The van der Waals surface area contributed by atoms with Crippen molar-refractivity contribution in [3.63, 3.8) is 0 Å². The number of H-pyrrole nitrogens is 1. The Hall–Kier alpha value is -2.85. The van der Waals surface area contributed by atoms with Gasteiger partial charge in [-0.25, -0.2) is 0 Å². The summed E-state index contributed by atoms with van der Waals surface area (Å²) in [6, 6.07) is 14.0. The summed E-state index contributed by atoms with van der Waals surface area (Å²) >= 11 is 5.90. The molecule has 0 saturated carbocycles. The molecule has 24 heavy (non-hydrogen) atoms. The minimum atomic E-state index is -0.436. The van der Waals surface area contributed by atoms with Crippen LogP contribution in [0.15, 0.2) is 59.4 Å². The number of nitrogens with one attached hydrogen (secondary N) is 1. The molecule has 0 aliphatic heterocycles. The number of fused-ring (bicyclic) bond motifs is 1. The van der Waals surface area contributed by atoms with Crippen LogP contribution in [0.5, 0.6) is 5.75 Å². The highest BCUT2D eigenvalue weighted by atomic mass is 35.5. The molecule has 120 valence electrons. The summed E-state index contributed by atoms with van der Waals surface area (Å²) in [7, 11) is 1.59. The number of ether oxygens (including phenoxy) is 1. The zero-order valence-corrected chi connectivity index (χ0v) is 13.6. The zero-order chi connectivity index (χ0) is 17.1. The van der Waals surface area contributed by atoms with Crippen LogP contribution < -0.4 is 10.3 Å². The summed E-state index contributed by atoms with van der Waals surface area (Å²) in [5, 5.41) is 1.27. The lowest BCUT2D eigenvalue weighted by molar-refractivity contribution is 0.104. The van der Waals surface area contributed by atoms with E-state index in [9.17, 15) is 9.59 Å². The van der Waals surface area contributed by atoms with Gasteiger partial charge in [-0.2, -0.15) is 0 Å². The van der Waals surface area contributed by atoms with Crippen LogP contribution >= 0.6 is 11.6 Å². The first kappa shape index (κ1) is 16.0. The number of allylic oxidation sites excluding steroid dienone is 1. The lowest BCUT2D eigenvalue weighted by Crippen LogP contribution is -2.16. The highest BCUT2D eigenvalue weighted by Gasteiger charge is 2.09. The first-order chi connectivity index (χ1) is 11.6. The van der Waals surface area contributed by atoms with Crippen LogP contribution in [0.4, 0.5) is 0 Å². The van der Waals surface area contributed by atoms with Gasteiger partial charge < -0.3 is 9.72 Å². The number of halogens is 1. The Morgan fingerprint density at radius 2 is 1.88 bits per heavy atom. The van der Waals surface area contributed by atoms with Crippen molar-refractivity contribution in [1.29, 1.82) is 0 Å². The highest BCUT2D eigenvalue weighted by molar-refractivity contribution is 6.31. The van der Waals surface area contributed by atoms with Gasteiger partial charge in [-0.05, 0) is 47.4 Å². The van der Waals surface area contributed by atoms with Crippen molar-refractivity contribution in [2.45, 2.75) is 0 Å². The second kappa shape index (κ2) is 6.72. The molecule has 1 heterocycles. The van der Waals surface area contributed by atoms with E-state index in [-0.39, 0.29) is 11.3 Å². The van der Waals surface area contributed by atoms with E-state index in [1.54, 1.807) is 49.6 Å². The summed E-state index contributed by atoms with van der Waals surface area (Å²) in [4.78, 5) is 27.1. The van der Waals surface area contributed by atoms with E-state index in [1.165, 1.54) is 6.08 Å². The van der Waals surface area contributed by atoms with E-state index >= 15 is 0 Å². The molecule has 0 bridgehead atoms. The zero-order valence-electron chi connectivity index (χ0n) is 12.9. The molecule has 0 spiro atoms. The van der Waals surface area contributed by atoms with E-state index in [2.05, 4.69) is 4.98 Å². The third-order valence-electron chi connectivity index (χ3n) is 3.62. The van der Waals surface area contributed by atoms with Crippen LogP contribution in [0.3, 0.4) is 0 Å². The van der Waals surface area contributed by atoms with Gasteiger partial charge >= 0.3 is 0 Å². The maximum Gasteiger partial charge on any atom is 0.259 e. The molecule has 1 N–H and O–H groups in total. The van der Waals surface area contributed by atoms with Crippen LogP contribution in [0.25, 0.3) is 17.0 Å². The van der Waals surface area contributed by atoms with Crippen LogP contribution in [0, 0.1) is 0 Å². The Balaban J connectivity index is 1.90. The normalized spacial score (nSPS) is 11.1. The number of aromatic amines is 1. The molecule has 0 saturated heterocycles. The summed E-state index contributed by atoms with van der Waals surface area (Å²) in [5.74, 6) is 0.382. The molecule has 3 aromatic rings. The first-order valence-electron chi connectivity index (χ1n) is 7.26. The van der Waals surface area contributed by atoms with Gasteiger partial charge in [0.15, 0.2) is 5.78 Å². The number of benzene rings is 2. The standard InChI is InChI=1S/C19H14ClNO3/c1-24-15-7-2-12(3-8-15)4-9-18(22)16-10-13-5-6-14(20)11-17(13)21-19(16)23/h2-11H,1H3,(H,21,23). The Morgan fingerprint density at radius 3 is 2.58 bits per heavy atom. The lowest BCUT2D eigenvalue weighted by Gasteiger charge is -2.01. The van der Waals surface area contributed by atoms with E-state index < -0.39 is 5.56 Å². The third kappa shape index (κ3) is 3.39. The number of hydrogen-bond acceptors (Lipinski definition) is 3. The second-order valence-electron chi connectivity index (χ2n) is 5.21. The first-order valence-corrected chi connectivity index (χ1v) is 7.64. The fraction of sp³-hybridized carbons (Fsp3) is 0.0526. The van der Waals surface area contributed by atoms with Crippen LogP contribution in [0.1, 0.15) is 15.9 Å². The van der Waals surface area contributed by atoms with Crippen molar-refractivity contribution in [1.82, 2.24) is 4.98 Å². The van der Waals surface area contributed by atoms with E-state index in [0.717, 1.165) is 16.7 Å². The van der Waals surface area contributed by atoms with E-state index in [0.29, 0.717) is 10.5 Å². The maximum absolute atomic E-state index is 12.3. The molecule has 0 aliphatic carbocycles. The van der Waals surface area contributed by atoms with Gasteiger partial charge in [-0.1, -0.05) is 35.9 Å². The minimum absolute atomic E-state index is 0.0922. The predicted molar refractivity (Wildman–Crippen MR) is 95.9 cm³/mol. The van der Waals surface area contributed by atoms with Crippen LogP contribution in [-0.4, -0.2) is 17.9 Å². The third-order valence-corrected chi connectivity index (χ3v) is 3.85. The monoisotopic (exact) mass is 339 g/mol. The number of hydrogen-bond donors (Lipinski definition) is 1. The van der Waals surface area contributed by atoms with Crippen molar-refractivity contribution in [2.75, 3.05) is 7.11 Å². The molecule has 0 atom stereocenters. The van der Waals surface area contributed by atoms with E-state index in [1.807, 2.05) is 12.1 Å². The number of carbonyl (C=O) groups excluding carboxylic acids is 1. The average Bonchev–Trinajstić information content (AvgIpc) is 2.59. The van der Waals surface area contributed by atoms with Gasteiger partial charge in [-0.3, -0.25) is 9.59 Å². The van der Waals surface area contributed by atoms with Gasteiger partial charge in [0.25, 0.3) is 5.56 Å². The van der Waals surface area contributed by atoms with Crippen molar-refractivity contribution >= 4 is 34.4 Å². The summed E-state index contributed by atoms with van der Waals surface area (Å²) in [6.07, 6.45) is 3.04. The molecule has 0 aliphatic rings. The van der Waals surface area contributed by atoms with Crippen molar-refractivity contribution in [3.05, 3.63) is 81.1 Å². The van der Waals surface area contributed by atoms with Gasteiger partial charge in [0.2, 0.25) is 0 Å². The van der Waals surface area contributed by atoms with E-state index in [4.69, 9.17) is 16.3 Å². The number of aromatic nitrogens is 1. The summed E-state index contributed by atoms with van der Waals surface area (Å²) in [6.45, 7) is 0. The fourth-order valence-corrected chi connectivity index (χ4v) is 2.51. The van der Waals surface area contributed by atoms with Gasteiger partial charge in [0.05, 0.1) is 12.7 Å². The fourth-order valence-electron chi connectivity index (χ4n) is 2.33. The quantitative estimate of drug-likeness (QED) is 0.575. The number of methoxy groups -OCH3 is 1. The maximum atomic E-state index is 12.3. The largest absolute Gasteiger partial charge is 0.497 e. The Bertz CT molecular complexity index is 988. The molecule has 0 amide bonds. The van der Waals surface area contributed by atoms with Gasteiger partial charge in [0.1, 0.15) is 5.75 Å². The number of carbonyl (C=O) groups is 1. The smallest absolute Gasteiger partial charge is 0.259 e. The van der Waals surface area contributed by atoms with Gasteiger partial charge in [-0.15, -0.1) is 0 Å². The predicted octanol–water partition coefficient (Wildman–Crippen LogP) is 4.09. The molecule has 0 fully saturated rings. The highest BCUT2D eigenvalue weighted by Crippen LogP contribution is 2.17. The van der Waals surface area contributed by atoms with Crippen molar-refractivity contribution in [3.8, 4) is 5.75 Å².